The highest BCUT2D eigenvalue weighted by molar-refractivity contribution is 5.96. The number of benzene rings is 2. The topological polar surface area (TPSA) is 93.7 Å². The fourth-order valence-electron chi connectivity index (χ4n) is 2.07. The summed E-state index contributed by atoms with van der Waals surface area (Å²) in [4.78, 5) is 35.0. The van der Waals surface area contributed by atoms with Crippen LogP contribution in [0.4, 0.5) is 0 Å². The van der Waals surface area contributed by atoms with Gasteiger partial charge < -0.3 is 20.1 Å². The summed E-state index contributed by atoms with van der Waals surface area (Å²) in [6.45, 7) is 1.77. The molecule has 2 rings (SSSR count). The number of para-hydroxylation sites is 1. The van der Waals surface area contributed by atoms with Crippen molar-refractivity contribution in [2.24, 2.45) is 0 Å². The lowest BCUT2D eigenvalue weighted by molar-refractivity contribution is -0.147. The molecule has 2 aromatic carbocycles. The van der Waals surface area contributed by atoms with Crippen molar-refractivity contribution in [2.75, 3.05) is 19.7 Å². The van der Waals surface area contributed by atoms with Gasteiger partial charge in [0.2, 0.25) is 0 Å². The molecule has 0 saturated heterocycles. The zero-order valence-electron chi connectivity index (χ0n) is 15.1. The minimum absolute atomic E-state index is 0.317. The Morgan fingerprint density at radius 3 is 2.22 bits per heavy atom. The van der Waals surface area contributed by atoms with E-state index < -0.39 is 11.9 Å². The van der Waals surface area contributed by atoms with Crippen LogP contribution in [0, 0.1) is 0 Å². The molecule has 2 amide bonds. The van der Waals surface area contributed by atoms with Gasteiger partial charge in [-0.05, 0) is 42.8 Å². The number of esters is 1. The van der Waals surface area contributed by atoms with Crippen molar-refractivity contribution in [1.82, 2.24) is 10.6 Å². The minimum Gasteiger partial charge on any atom is -0.457 e. The van der Waals surface area contributed by atoms with Crippen molar-refractivity contribution in [3.63, 3.8) is 0 Å². The molecule has 7 heteroatoms. The average molecular weight is 370 g/mol. The second-order valence-corrected chi connectivity index (χ2v) is 5.63. The zero-order chi connectivity index (χ0) is 19.5. The van der Waals surface area contributed by atoms with Crippen LogP contribution in [0.15, 0.2) is 54.6 Å². The van der Waals surface area contributed by atoms with Crippen molar-refractivity contribution in [3.05, 3.63) is 60.2 Å². The predicted octanol–water partition coefficient (Wildman–Crippen LogP) is 2.28. The molecule has 0 aliphatic rings. The summed E-state index contributed by atoms with van der Waals surface area (Å²) in [5.74, 6) is -0.186. The Balaban J connectivity index is 1.75. The Morgan fingerprint density at radius 2 is 1.56 bits per heavy atom. The first-order chi connectivity index (χ1) is 13.1. The summed E-state index contributed by atoms with van der Waals surface area (Å²) in [6.07, 6.45) is 0.797. The molecule has 7 nitrogen and oxygen atoms in total. The van der Waals surface area contributed by atoms with E-state index in [1.165, 1.54) is 0 Å². The summed E-state index contributed by atoms with van der Waals surface area (Å²) >= 11 is 0. The average Bonchev–Trinajstić information content (AvgIpc) is 2.70. The molecule has 142 valence electrons. The molecule has 0 unspecified atom stereocenters. The third-order valence-electron chi connectivity index (χ3n) is 3.43. The molecule has 0 radical (unpaired) electrons. The Labute approximate surface area is 157 Å². The smallest absolute Gasteiger partial charge is 0.325 e. The quantitative estimate of drug-likeness (QED) is 0.661. The van der Waals surface area contributed by atoms with Gasteiger partial charge in [0.1, 0.15) is 18.0 Å². The summed E-state index contributed by atoms with van der Waals surface area (Å²) in [5, 5.41) is 5.03. The van der Waals surface area contributed by atoms with Gasteiger partial charge in [0.05, 0.1) is 0 Å². The molecule has 0 atom stereocenters. The SMILES string of the molecule is CCCNC(=O)COC(=O)CNC(=O)c1ccc(Oc2ccccc2)cc1. The van der Waals surface area contributed by atoms with Crippen molar-refractivity contribution in [1.29, 1.82) is 0 Å². The van der Waals surface area contributed by atoms with E-state index >= 15 is 0 Å². The lowest BCUT2D eigenvalue weighted by atomic mass is 10.2. The summed E-state index contributed by atoms with van der Waals surface area (Å²) in [7, 11) is 0. The molecule has 0 heterocycles. The first kappa shape index (κ1) is 20.0. The number of nitrogens with one attached hydrogen (secondary N) is 2. The largest absolute Gasteiger partial charge is 0.457 e. The van der Waals surface area contributed by atoms with Gasteiger partial charge in [-0.25, -0.2) is 0 Å². The van der Waals surface area contributed by atoms with Crippen LogP contribution < -0.4 is 15.4 Å². The first-order valence-electron chi connectivity index (χ1n) is 8.62. The van der Waals surface area contributed by atoms with Gasteiger partial charge in [0.25, 0.3) is 11.8 Å². The molecule has 0 aliphatic carbocycles. The van der Waals surface area contributed by atoms with Gasteiger partial charge in [-0.3, -0.25) is 14.4 Å². The van der Waals surface area contributed by atoms with Crippen molar-refractivity contribution < 1.29 is 23.9 Å². The van der Waals surface area contributed by atoms with Crippen LogP contribution in [0.5, 0.6) is 11.5 Å². The standard InChI is InChI=1S/C20H22N2O5/c1-2-12-21-18(23)14-26-19(24)13-22-20(25)15-8-10-17(11-9-15)27-16-6-4-3-5-7-16/h3-11H,2,12-14H2,1H3,(H,21,23)(H,22,25). The minimum atomic E-state index is -0.681. The van der Waals surface area contributed by atoms with E-state index in [0.29, 0.717) is 23.6 Å². The fraction of sp³-hybridized carbons (Fsp3) is 0.250. The Hall–Kier alpha value is -3.35. The molecule has 0 saturated carbocycles. The number of hydrogen-bond acceptors (Lipinski definition) is 5. The predicted molar refractivity (Wildman–Crippen MR) is 99.6 cm³/mol. The number of rotatable bonds is 9. The molecule has 27 heavy (non-hydrogen) atoms. The van der Waals surface area contributed by atoms with E-state index in [0.717, 1.165) is 6.42 Å². The van der Waals surface area contributed by atoms with Crippen molar-refractivity contribution >= 4 is 17.8 Å². The first-order valence-corrected chi connectivity index (χ1v) is 8.62. The lowest BCUT2D eigenvalue weighted by Gasteiger charge is -2.08. The maximum absolute atomic E-state index is 12.1. The Morgan fingerprint density at radius 1 is 0.889 bits per heavy atom. The second-order valence-electron chi connectivity index (χ2n) is 5.63. The maximum Gasteiger partial charge on any atom is 0.325 e. The molecule has 0 aliphatic heterocycles. The molecule has 0 fully saturated rings. The van der Waals surface area contributed by atoms with Gasteiger partial charge in [0.15, 0.2) is 6.61 Å². The number of carbonyl (C=O) groups excluding carboxylic acids is 3. The highest BCUT2D eigenvalue weighted by atomic mass is 16.5. The van der Waals surface area contributed by atoms with Crippen molar-refractivity contribution in [2.45, 2.75) is 13.3 Å². The highest BCUT2D eigenvalue weighted by Crippen LogP contribution is 2.21. The van der Waals surface area contributed by atoms with E-state index in [9.17, 15) is 14.4 Å². The van der Waals surface area contributed by atoms with Gasteiger partial charge >= 0.3 is 5.97 Å². The number of carbonyl (C=O) groups is 3. The number of hydrogen-bond donors (Lipinski definition) is 2. The van der Waals surface area contributed by atoms with Crippen LogP contribution in [0.1, 0.15) is 23.7 Å². The molecule has 0 bridgehead atoms. The van der Waals surface area contributed by atoms with Gasteiger partial charge in [-0.15, -0.1) is 0 Å². The third-order valence-corrected chi connectivity index (χ3v) is 3.43. The summed E-state index contributed by atoms with van der Waals surface area (Å²) in [5.41, 5.74) is 0.379. The third kappa shape index (κ3) is 7.19. The normalized spacial score (nSPS) is 9.96. The Bertz CT molecular complexity index is 760. The van der Waals surface area contributed by atoms with E-state index in [2.05, 4.69) is 10.6 Å². The van der Waals surface area contributed by atoms with Crippen LogP contribution in [0.3, 0.4) is 0 Å². The lowest BCUT2D eigenvalue weighted by Crippen LogP contribution is -2.34. The van der Waals surface area contributed by atoms with E-state index in [-0.39, 0.29) is 19.1 Å². The van der Waals surface area contributed by atoms with Crippen LogP contribution in [-0.2, 0) is 14.3 Å². The maximum atomic E-state index is 12.1. The summed E-state index contributed by atoms with van der Waals surface area (Å²) in [6, 6.07) is 15.8. The van der Waals surface area contributed by atoms with Gasteiger partial charge in [-0.2, -0.15) is 0 Å². The van der Waals surface area contributed by atoms with Gasteiger partial charge in [0, 0.05) is 12.1 Å². The zero-order valence-corrected chi connectivity index (χ0v) is 15.1. The van der Waals surface area contributed by atoms with Crippen LogP contribution in [0.25, 0.3) is 0 Å². The molecule has 0 aromatic heterocycles. The fourth-order valence-corrected chi connectivity index (χ4v) is 2.07. The van der Waals surface area contributed by atoms with Gasteiger partial charge in [-0.1, -0.05) is 25.1 Å². The molecule has 2 aromatic rings. The highest BCUT2D eigenvalue weighted by Gasteiger charge is 2.11. The Kier molecular flexibility index (Phi) is 7.84. The van der Waals surface area contributed by atoms with Crippen LogP contribution in [-0.4, -0.2) is 37.5 Å². The second kappa shape index (κ2) is 10.6. The summed E-state index contributed by atoms with van der Waals surface area (Å²) < 4.78 is 10.4. The number of amides is 2. The van der Waals surface area contributed by atoms with E-state index in [1.807, 2.05) is 37.3 Å². The van der Waals surface area contributed by atoms with Crippen molar-refractivity contribution in [3.8, 4) is 11.5 Å². The van der Waals surface area contributed by atoms with Crippen LogP contribution in [0.2, 0.25) is 0 Å². The monoisotopic (exact) mass is 370 g/mol. The molecular weight excluding hydrogens is 348 g/mol. The number of ether oxygens (including phenoxy) is 2. The molecular formula is C20H22N2O5. The van der Waals surface area contributed by atoms with E-state index in [1.54, 1.807) is 24.3 Å². The molecule has 0 spiro atoms. The van der Waals surface area contributed by atoms with Crippen LogP contribution >= 0.6 is 0 Å². The van der Waals surface area contributed by atoms with E-state index in [4.69, 9.17) is 9.47 Å². The molecule has 2 N–H and O–H groups in total.